The topological polar surface area (TPSA) is 42.0 Å². The molecule has 1 aliphatic carbocycles. The van der Waals surface area contributed by atoms with Crippen LogP contribution in [0.1, 0.15) is 70.1 Å². The molecule has 1 N–H and O–H groups in total. The summed E-state index contributed by atoms with van der Waals surface area (Å²) in [7, 11) is 0. The fourth-order valence-corrected chi connectivity index (χ4v) is 4.62. The van der Waals surface area contributed by atoms with E-state index in [9.17, 15) is 4.79 Å². The summed E-state index contributed by atoms with van der Waals surface area (Å²) >= 11 is 1.63. The lowest BCUT2D eigenvalue weighted by Gasteiger charge is -2.38. The second-order valence-electron chi connectivity index (χ2n) is 7.56. The molecule has 0 aromatic carbocycles. The van der Waals surface area contributed by atoms with Gasteiger partial charge in [-0.3, -0.25) is 4.79 Å². The van der Waals surface area contributed by atoms with Crippen molar-refractivity contribution in [2.75, 3.05) is 0 Å². The van der Waals surface area contributed by atoms with E-state index in [0.717, 1.165) is 23.0 Å². The van der Waals surface area contributed by atoms with Gasteiger partial charge in [0.25, 0.3) is 0 Å². The zero-order valence-electron chi connectivity index (χ0n) is 13.9. The first-order valence-corrected chi connectivity index (χ1v) is 8.84. The van der Waals surface area contributed by atoms with E-state index in [1.807, 2.05) is 19.2 Å². The molecule has 0 bridgehead atoms. The molecular weight excluding hydrogens is 280 g/mol. The van der Waals surface area contributed by atoms with E-state index in [1.165, 1.54) is 12.8 Å². The highest BCUT2D eigenvalue weighted by Gasteiger charge is 2.33. The molecule has 1 saturated carbocycles. The van der Waals surface area contributed by atoms with Crippen LogP contribution in [0.2, 0.25) is 0 Å². The standard InChI is InChI=1S/C17H28N2OS/c1-11-6-14(9-17(4,5)8-11)7-16(20)18-12(2)15-10-21-13(3)19-15/h10-12,14H,6-9H2,1-5H3,(H,18,20). The zero-order chi connectivity index (χ0) is 15.6. The molecule has 1 aliphatic rings. The van der Waals surface area contributed by atoms with E-state index in [4.69, 9.17) is 0 Å². The van der Waals surface area contributed by atoms with Crippen molar-refractivity contribution in [3.8, 4) is 0 Å². The number of hydrogen-bond acceptors (Lipinski definition) is 3. The summed E-state index contributed by atoms with van der Waals surface area (Å²) in [5, 5.41) is 6.19. The molecule has 1 amide bonds. The Labute approximate surface area is 132 Å². The highest BCUT2D eigenvalue weighted by molar-refractivity contribution is 7.09. The number of rotatable bonds is 4. The third-order valence-corrected chi connectivity index (χ3v) is 5.20. The van der Waals surface area contributed by atoms with Gasteiger partial charge in [-0.05, 0) is 50.4 Å². The van der Waals surface area contributed by atoms with Crippen LogP contribution in [0.4, 0.5) is 0 Å². The molecule has 21 heavy (non-hydrogen) atoms. The molecule has 0 saturated heterocycles. The van der Waals surface area contributed by atoms with Gasteiger partial charge < -0.3 is 5.32 Å². The molecular formula is C17H28N2OS. The van der Waals surface area contributed by atoms with Gasteiger partial charge in [-0.1, -0.05) is 20.8 Å². The summed E-state index contributed by atoms with van der Waals surface area (Å²) in [5.74, 6) is 1.42. The van der Waals surface area contributed by atoms with Crippen LogP contribution in [0, 0.1) is 24.2 Å². The van der Waals surface area contributed by atoms with Crippen LogP contribution < -0.4 is 5.32 Å². The van der Waals surface area contributed by atoms with Crippen molar-refractivity contribution in [2.45, 2.75) is 66.3 Å². The maximum absolute atomic E-state index is 12.3. The van der Waals surface area contributed by atoms with Crippen LogP contribution in [-0.4, -0.2) is 10.9 Å². The summed E-state index contributed by atoms with van der Waals surface area (Å²) < 4.78 is 0. The maximum Gasteiger partial charge on any atom is 0.220 e. The maximum atomic E-state index is 12.3. The number of carbonyl (C=O) groups is 1. The van der Waals surface area contributed by atoms with Crippen LogP contribution >= 0.6 is 11.3 Å². The smallest absolute Gasteiger partial charge is 0.220 e. The average molecular weight is 308 g/mol. The molecule has 118 valence electrons. The van der Waals surface area contributed by atoms with Crippen molar-refractivity contribution >= 4 is 17.2 Å². The summed E-state index contributed by atoms with van der Waals surface area (Å²) in [6.45, 7) is 11.0. The largest absolute Gasteiger partial charge is 0.348 e. The van der Waals surface area contributed by atoms with Crippen molar-refractivity contribution < 1.29 is 4.79 Å². The van der Waals surface area contributed by atoms with Gasteiger partial charge in [0.1, 0.15) is 0 Å². The minimum atomic E-state index is 0.0106. The lowest BCUT2D eigenvalue weighted by molar-refractivity contribution is -0.123. The van der Waals surface area contributed by atoms with Gasteiger partial charge in [0.15, 0.2) is 0 Å². The van der Waals surface area contributed by atoms with E-state index in [-0.39, 0.29) is 11.9 Å². The lowest BCUT2D eigenvalue weighted by atomic mass is 9.67. The molecule has 1 aromatic heterocycles. The number of hydrogen-bond donors (Lipinski definition) is 1. The molecule has 0 radical (unpaired) electrons. The summed E-state index contributed by atoms with van der Waals surface area (Å²) in [5.41, 5.74) is 1.35. The first-order valence-electron chi connectivity index (χ1n) is 7.96. The molecule has 3 unspecified atom stereocenters. The van der Waals surface area contributed by atoms with E-state index in [1.54, 1.807) is 11.3 Å². The number of aromatic nitrogens is 1. The lowest BCUT2D eigenvalue weighted by Crippen LogP contribution is -2.33. The van der Waals surface area contributed by atoms with Crippen LogP contribution in [0.15, 0.2) is 5.38 Å². The van der Waals surface area contributed by atoms with Crippen LogP contribution in [-0.2, 0) is 4.79 Å². The molecule has 1 aromatic rings. The zero-order valence-corrected chi connectivity index (χ0v) is 14.7. The SMILES string of the molecule is Cc1nc(C(C)NC(=O)CC2CC(C)CC(C)(C)C2)cs1. The van der Waals surface area contributed by atoms with Gasteiger partial charge in [-0.25, -0.2) is 4.98 Å². The van der Waals surface area contributed by atoms with Gasteiger partial charge in [-0.15, -0.1) is 11.3 Å². The van der Waals surface area contributed by atoms with Gasteiger partial charge in [-0.2, -0.15) is 0 Å². The summed E-state index contributed by atoms with van der Waals surface area (Å²) in [4.78, 5) is 16.7. The second-order valence-corrected chi connectivity index (χ2v) is 8.63. The Balaban J connectivity index is 1.86. The second kappa shape index (κ2) is 6.47. The molecule has 0 spiro atoms. The van der Waals surface area contributed by atoms with E-state index in [2.05, 4.69) is 31.1 Å². The average Bonchev–Trinajstić information content (AvgIpc) is 2.72. The quantitative estimate of drug-likeness (QED) is 0.891. The molecule has 2 rings (SSSR count). The molecule has 3 nitrogen and oxygen atoms in total. The van der Waals surface area contributed by atoms with Crippen molar-refractivity contribution in [2.24, 2.45) is 17.3 Å². The van der Waals surface area contributed by atoms with Gasteiger partial charge in [0.2, 0.25) is 5.91 Å². The highest BCUT2D eigenvalue weighted by atomic mass is 32.1. The molecule has 1 fully saturated rings. The minimum absolute atomic E-state index is 0.0106. The van der Waals surface area contributed by atoms with Gasteiger partial charge in [0.05, 0.1) is 16.7 Å². The Hall–Kier alpha value is -0.900. The Kier molecular flexibility index (Phi) is 5.07. The Morgan fingerprint density at radius 3 is 2.81 bits per heavy atom. The van der Waals surface area contributed by atoms with Crippen molar-refractivity contribution in [1.29, 1.82) is 0 Å². The van der Waals surface area contributed by atoms with Crippen molar-refractivity contribution in [3.05, 3.63) is 16.1 Å². The highest BCUT2D eigenvalue weighted by Crippen LogP contribution is 2.42. The number of amides is 1. The predicted octanol–water partition coefficient (Wildman–Crippen LogP) is 4.48. The minimum Gasteiger partial charge on any atom is -0.348 e. The van der Waals surface area contributed by atoms with Crippen LogP contribution in [0.3, 0.4) is 0 Å². The number of aryl methyl sites for hydroxylation is 1. The number of thiazole rings is 1. The van der Waals surface area contributed by atoms with Crippen molar-refractivity contribution in [1.82, 2.24) is 10.3 Å². The Bertz CT molecular complexity index is 495. The fraction of sp³-hybridized carbons (Fsp3) is 0.765. The number of carbonyl (C=O) groups excluding carboxylic acids is 1. The van der Waals surface area contributed by atoms with E-state index >= 15 is 0 Å². The Morgan fingerprint density at radius 2 is 2.24 bits per heavy atom. The molecule has 3 atom stereocenters. The van der Waals surface area contributed by atoms with E-state index in [0.29, 0.717) is 17.8 Å². The van der Waals surface area contributed by atoms with Gasteiger partial charge in [0, 0.05) is 11.8 Å². The normalized spacial score (nSPS) is 26.3. The monoisotopic (exact) mass is 308 g/mol. The molecule has 0 aliphatic heterocycles. The third-order valence-electron chi connectivity index (χ3n) is 4.41. The van der Waals surface area contributed by atoms with Crippen LogP contribution in [0.25, 0.3) is 0 Å². The van der Waals surface area contributed by atoms with E-state index < -0.39 is 0 Å². The first-order chi connectivity index (χ1) is 9.75. The summed E-state index contributed by atoms with van der Waals surface area (Å²) in [6, 6.07) is 0.0106. The predicted molar refractivity (Wildman–Crippen MR) is 88.3 cm³/mol. The first kappa shape index (κ1) is 16.5. The summed E-state index contributed by atoms with van der Waals surface area (Å²) in [6.07, 6.45) is 4.27. The third kappa shape index (κ3) is 4.80. The van der Waals surface area contributed by atoms with Crippen LogP contribution in [0.5, 0.6) is 0 Å². The molecule has 4 heteroatoms. The Morgan fingerprint density at radius 1 is 1.52 bits per heavy atom. The van der Waals surface area contributed by atoms with Gasteiger partial charge >= 0.3 is 0 Å². The van der Waals surface area contributed by atoms with Crippen molar-refractivity contribution in [3.63, 3.8) is 0 Å². The number of nitrogens with one attached hydrogen (secondary N) is 1. The fourth-order valence-electron chi connectivity index (χ4n) is 3.91. The molecule has 1 heterocycles. The number of nitrogens with zero attached hydrogens (tertiary/aromatic N) is 1.